The predicted molar refractivity (Wildman–Crippen MR) is 77.9 cm³/mol. The number of hydrogen-bond acceptors (Lipinski definition) is 5. The molecule has 1 saturated carbocycles. The number of nitrogens with zero attached hydrogens (tertiary/aromatic N) is 2. The van der Waals surface area contributed by atoms with Crippen molar-refractivity contribution in [1.82, 2.24) is 15.2 Å². The fourth-order valence-electron chi connectivity index (χ4n) is 2.35. The van der Waals surface area contributed by atoms with Crippen LogP contribution < -0.4 is 5.32 Å². The van der Waals surface area contributed by atoms with Crippen LogP contribution >= 0.6 is 11.3 Å². The molecule has 1 aliphatic rings. The summed E-state index contributed by atoms with van der Waals surface area (Å²) in [6, 6.07) is 7.63. The Morgan fingerprint density at radius 3 is 3.14 bits per heavy atom. The van der Waals surface area contributed by atoms with Gasteiger partial charge in [0.25, 0.3) is 0 Å². The van der Waals surface area contributed by atoms with Crippen molar-refractivity contribution in [2.75, 3.05) is 5.32 Å². The molecular weight excluding hydrogens is 288 g/mol. The van der Waals surface area contributed by atoms with Crippen molar-refractivity contribution in [2.24, 2.45) is 5.92 Å². The molecule has 4 rings (SSSR count). The molecule has 3 aromatic rings. The van der Waals surface area contributed by atoms with Gasteiger partial charge in [-0.25, -0.2) is 0 Å². The molecule has 0 bridgehead atoms. The minimum Gasteiger partial charge on any atom is -0.469 e. The smallest absolute Gasteiger partial charge is 0.249 e. The molecule has 0 saturated heterocycles. The second-order valence-corrected chi connectivity index (χ2v) is 5.89. The van der Waals surface area contributed by atoms with E-state index in [4.69, 9.17) is 4.42 Å². The number of H-pyrrole nitrogens is 1. The van der Waals surface area contributed by atoms with E-state index >= 15 is 0 Å². The van der Waals surface area contributed by atoms with Crippen LogP contribution in [-0.2, 0) is 4.79 Å². The third-order valence-corrected chi connectivity index (χ3v) is 4.39. The molecular formula is C14H12N4O2S. The largest absolute Gasteiger partial charge is 0.469 e. The standard InChI is InChI=1S/C14H12N4O2S/c19-13(9-7-8(9)10-3-1-5-20-10)16-14-15-12(17-18-14)11-4-2-6-21-11/h1-6,8-9H,7H2,(H2,15,16,17,18,19)/t8-,9+/m1/s1. The second-order valence-electron chi connectivity index (χ2n) is 4.94. The zero-order valence-electron chi connectivity index (χ0n) is 10.9. The maximum atomic E-state index is 12.1. The minimum atomic E-state index is -0.0619. The van der Waals surface area contributed by atoms with E-state index in [2.05, 4.69) is 20.5 Å². The van der Waals surface area contributed by atoms with Crippen LogP contribution in [0.4, 0.5) is 5.95 Å². The van der Waals surface area contributed by atoms with Gasteiger partial charge in [-0.2, -0.15) is 4.98 Å². The minimum absolute atomic E-state index is 0.0557. The van der Waals surface area contributed by atoms with Gasteiger partial charge in [0.05, 0.1) is 11.1 Å². The van der Waals surface area contributed by atoms with Crippen LogP contribution in [-0.4, -0.2) is 21.1 Å². The highest BCUT2D eigenvalue weighted by molar-refractivity contribution is 7.13. The van der Waals surface area contributed by atoms with Crippen molar-refractivity contribution in [2.45, 2.75) is 12.3 Å². The molecule has 1 aliphatic carbocycles. The Kier molecular flexibility index (Phi) is 2.85. The molecule has 0 unspecified atom stereocenters. The lowest BCUT2D eigenvalue weighted by Crippen LogP contribution is -2.15. The Labute approximate surface area is 124 Å². The topological polar surface area (TPSA) is 83.8 Å². The van der Waals surface area contributed by atoms with E-state index < -0.39 is 0 Å². The van der Waals surface area contributed by atoms with Crippen LogP contribution in [0.1, 0.15) is 18.1 Å². The lowest BCUT2D eigenvalue weighted by atomic mass is 10.2. The Morgan fingerprint density at radius 1 is 1.43 bits per heavy atom. The maximum absolute atomic E-state index is 12.1. The molecule has 2 atom stereocenters. The van der Waals surface area contributed by atoms with Gasteiger partial charge in [0.15, 0.2) is 5.82 Å². The molecule has 21 heavy (non-hydrogen) atoms. The summed E-state index contributed by atoms with van der Waals surface area (Å²) in [6.07, 6.45) is 2.44. The quantitative estimate of drug-likeness (QED) is 0.776. The number of amides is 1. The third-order valence-electron chi connectivity index (χ3n) is 3.51. The van der Waals surface area contributed by atoms with Crippen LogP contribution in [0.15, 0.2) is 40.3 Å². The average molecular weight is 300 g/mol. The molecule has 3 heterocycles. The summed E-state index contributed by atoms with van der Waals surface area (Å²) in [5, 5.41) is 11.6. The molecule has 0 aromatic carbocycles. The SMILES string of the molecule is O=C(Nc1n[nH]c(-c2cccs2)n1)[C@H]1C[C@H]1c1ccco1. The van der Waals surface area contributed by atoms with Crippen molar-refractivity contribution in [3.8, 4) is 10.7 Å². The van der Waals surface area contributed by atoms with Crippen LogP contribution in [0, 0.1) is 5.92 Å². The number of carbonyl (C=O) groups is 1. The molecule has 2 N–H and O–H groups in total. The van der Waals surface area contributed by atoms with E-state index in [1.807, 2.05) is 29.6 Å². The summed E-state index contributed by atoms with van der Waals surface area (Å²) < 4.78 is 5.33. The predicted octanol–water partition coefficient (Wildman–Crippen LogP) is 2.87. The van der Waals surface area contributed by atoms with Gasteiger partial charge in [-0.1, -0.05) is 6.07 Å². The number of rotatable bonds is 4. The zero-order valence-corrected chi connectivity index (χ0v) is 11.8. The van der Waals surface area contributed by atoms with Crippen molar-refractivity contribution in [3.63, 3.8) is 0 Å². The zero-order chi connectivity index (χ0) is 14.2. The lowest BCUT2D eigenvalue weighted by molar-refractivity contribution is -0.117. The summed E-state index contributed by atoms with van der Waals surface area (Å²) in [5.74, 6) is 1.90. The summed E-state index contributed by atoms with van der Waals surface area (Å²) in [4.78, 5) is 17.4. The molecule has 106 valence electrons. The number of thiophene rings is 1. The first-order valence-corrected chi connectivity index (χ1v) is 7.50. The molecule has 3 aromatic heterocycles. The van der Waals surface area contributed by atoms with E-state index in [9.17, 15) is 4.79 Å². The second kappa shape index (κ2) is 4.85. The summed E-state index contributed by atoms with van der Waals surface area (Å²) in [6.45, 7) is 0. The molecule has 0 radical (unpaired) electrons. The first-order chi connectivity index (χ1) is 10.3. The molecule has 0 spiro atoms. The van der Waals surface area contributed by atoms with Crippen LogP contribution in [0.3, 0.4) is 0 Å². The number of anilines is 1. The van der Waals surface area contributed by atoms with Gasteiger partial charge in [0.2, 0.25) is 11.9 Å². The van der Waals surface area contributed by atoms with E-state index in [1.165, 1.54) is 0 Å². The normalized spacial score (nSPS) is 20.4. The summed E-state index contributed by atoms with van der Waals surface area (Å²) in [5.41, 5.74) is 0. The number of aromatic amines is 1. The monoisotopic (exact) mass is 300 g/mol. The molecule has 1 amide bonds. The molecule has 7 heteroatoms. The van der Waals surface area contributed by atoms with Crippen molar-refractivity contribution < 1.29 is 9.21 Å². The van der Waals surface area contributed by atoms with Gasteiger partial charge in [-0.05, 0) is 30.0 Å². The van der Waals surface area contributed by atoms with Crippen molar-refractivity contribution in [3.05, 3.63) is 41.7 Å². The molecule has 0 aliphatic heterocycles. The highest BCUT2D eigenvalue weighted by Gasteiger charge is 2.46. The van der Waals surface area contributed by atoms with Gasteiger partial charge in [0, 0.05) is 11.8 Å². The van der Waals surface area contributed by atoms with E-state index in [-0.39, 0.29) is 17.7 Å². The Balaban J connectivity index is 1.42. The highest BCUT2D eigenvalue weighted by atomic mass is 32.1. The molecule has 6 nitrogen and oxygen atoms in total. The van der Waals surface area contributed by atoms with Gasteiger partial charge in [0.1, 0.15) is 5.76 Å². The summed E-state index contributed by atoms with van der Waals surface area (Å²) in [7, 11) is 0. The van der Waals surface area contributed by atoms with Crippen molar-refractivity contribution in [1.29, 1.82) is 0 Å². The number of furan rings is 1. The first-order valence-electron chi connectivity index (χ1n) is 6.62. The van der Waals surface area contributed by atoms with Gasteiger partial charge in [-0.3, -0.25) is 15.2 Å². The van der Waals surface area contributed by atoms with Gasteiger partial charge < -0.3 is 4.42 Å². The van der Waals surface area contributed by atoms with E-state index in [0.29, 0.717) is 11.8 Å². The lowest BCUT2D eigenvalue weighted by Gasteiger charge is -1.98. The number of carbonyl (C=O) groups excluding carboxylic acids is 1. The maximum Gasteiger partial charge on any atom is 0.249 e. The number of aromatic nitrogens is 3. The van der Waals surface area contributed by atoms with Gasteiger partial charge in [-0.15, -0.1) is 16.4 Å². The summed E-state index contributed by atoms with van der Waals surface area (Å²) >= 11 is 1.57. The number of nitrogens with one attached hydrogen (secondary N) is 2. The van der Waals surface area contributed by atoms with E-state index in [1.54, 1.807) is 17.6 Å². The van der Waals surface area contributed by atoms with Crippen LogP contribution in [0.25, 0.3) is 10.7 Å². The highest BCUT2D eigenvalue weighted by Crippen LogP contribution is 2.48. The van der Waals surface area contributed by atoms with Gasteiger partial charge >= 0.3 is 0 Å². The van der Waals surface area contributed by atoms with Crippen LogP contribution in [0.2, 0.25) is 0 Å². The van der Waals surface area contributed by atoms with Crippen LogP contribution in [0.5, 0.6) is 0 Å². The molecule has 1 fully saturated rings. The Bertz CT molecular complexity index is 748. The Morgan fingerprint density at radius 2 is 2.38 bits per heavy atom. The van der Waals surface area contributed by atoms with E-state index in [0.717, 1.165) is 17.1 Å². The fraction of sp³-hybridized carbons (Fsp3) is 0.214. The third kappa shape index (κ3) is 2.36. The average Bonchev–Trinajstić information content (AvgIpc) is 2.99. The Hall–Kier alpha value is -2.41. The number of hydrogen-bond donors (Lipinski definition) is 2. The fourth-order valence-corrected chi connectivity index (χ4v) is 3.01. The van der Waals surface area contributed by atoms with Crippen molar-refractivity contribution >= 4 is 23.2 Å². The first kappa shape index (κ1) is 12.3.